The summed E-state index contributed by atoms with van der Waals surface area (Å²) < 4.78 is 0. The zero-order valence-electron chi connectivity index (χ0n) is 12.7. The Labute approximate surface area is 113 Å². The Morgan fingerprint density at radius 2 is 1.89 bits per heavy atom. The maximum absolute atomic E-state index is 9.89. The van der Waals surface area contributed by atoms with Crippen molar-refractivity contribution in [2.75, 3.05) is 26.7 Å². The lowest BCUT2D eigenvalue weighted by Gasteiger charge is -2.32. The zero-order valence-corrected chi connectivity index (χ0v) is 12.7. The predicted molar refractivity (Wildman–Crippen MR) is 77.8 cm³/mol. The molecule has 0 amide bonds. The minimum atomic E-state index is -0.590. The van der Waals surface area contributed by atoms with Gasteiger partial charge in [-0.1, -0.05) is 26.2 Å². The van der Waals surface area contributed by atoms with Gasteiger partial charge < -0.3 is 15.3 Å². The molecule has 1 saturated carbocycles. The smallest absolute Gasteiger partial charge is 0.0718 e. The van der Waals surface area contributed by atoms with Gasteiger partial charge in [0.05, 0.1) is 5.60 Å². The summed E-state index contributed by atoms with van der Waals surface area (Å²) in [5.74, 6) is 0.736. The van der Waals surface area contributed by atoms with Crippen LogP contribution in [0.1, 0.15) is 52.9 Å². The first-order valence-electron chi connectivity index (χ1n) is 7.56. The molecule has 18 heavy (non-hydrogen) atoms. The standard InChI is InChI=1S/C15H32N2O/c1-5-16-14-10-8-6-7-9-13(14)11-17(4)12-15(2,3)18/h13-14,16,18H,5-12H2,1-4H3. The Morgan fingerprint density at radius 1 is 1.22 bits per heavy atom. The molecule has 2 atom stereocenters. The van der Waals surface area contributed by atoms with Crippen LogP contribution in [0.4, 0.5) is 0 Å². The molecule has 0 aromatic rings. The van der Waals surface area contributed by atoms with Gasteiger partial charge in [0, 0.05) is 19.1 Å². The van der Waals surface area contributed by atoms with E-state index in [-0.39, 0.29) is 0 Å². The van der Waals surface area contributed by atoms with E-state index in [0.717, 1.165) is 25.6 Å². The van der Waals surface area contributed by atoms with Gasteiger partial charge in [-0.25, -0.2) is 0 Å². The monoisotopic (exact) mass is 256 g/mol. The molecule has 0 aliphatic heterocycles. The maximum atomic E-state index is 9.89. The Morgan fingerprint density at radius 3 is 2.50 bits per heavy atom. The highest BCUT2D eigenvalue weighted by Gasteiger charge is 2.25. The van der Waals surface area contributed by atoms with Crippen LogP contribution in [0, 0.1) is 5.92 Å². The molecule has 0 heterocycles. The summed E-state index contributed by atoms with van der Waals surface area (Å²) in [5.41, 5.74) is -0.590. The third-order valence-electron chi connectivity index (χ3n) is 3.83. The summed E-state index contributed by atoms with van der Waals surface area (Å²) in [7, 11) is 2.13. The molecule has 0 aromatic carbocycles. The van der Waals surface area contributed by atoms with Gasteiger partial charge in [-0.3, -0.25) is 0 Å². The summed E-state index contributed by atoms with van der Waals surface area (Å²) in [5, 5.41) is 13.5. The first-order chi connectivity index (χ1) is 8.42. The molecule has 1 aliphatic rings. The Balaban J connectivity index is 2.49. The van der Waals surface area contributed by atoms with E-state index in [0.29, 0.717) is 6.04 Å². The van der Waals surface area contributed by atoms with Gasteiger partial charge in [0.15, 0.2) is 0 Å². The average Bonchev–Trinajstić information content (AvgIpc) is 2.42. The summed E-state index contributed by atoms with van der Waals surface area (Å²) in [6, 6.07) is 0.668. The van der Waals surface area contributed by atoms with E-state index in [2.05, 4.69) is 24.2 Å². The fourth-order valence-corrected chi connectivity index (χ4v) is 3.26. The van der Waals surface area contributed by atoms with Gasteiger partial charge in [-0.05, 0) is 46.2 Å². The molecule has 3 heteroatoms. The Hall–Kier alpha value is -0.120. The fraction of sp³-hybridized carbons (Fsp3) is 1.00. The van der Waals surface area contributed by atoms with E-state index in [1.807, 2.05) is 13.8 Å². The molecule has 1 fully saturated rings. The van der Waals surface area contributed by atoms with E-state index in [9.17, 15) is 5.11 Å². The minimum Gasteiger partial charge on any atom is -0.389 e. The number of nitrogens with zero attached hydrogens (tertiary/aromatic N) is 1. The third kappa shape index (κ3) is 6.17. The molecule has 0 bridgehead atoms. The lowest BCUT2D eigenvalue weighted by atomic mass is 9.93. The van der Waals surface area contributed by atoms with Crippen LogP contribution < -0.4 is 5.32 Å². The van der Waals surface area contributed by atoms with Gasteiger partial charge >= 0.3 is 0 Å². The first kappa shape index (κ1) is 15.9. The van der Waals surface area contributed by atoms with Gasteiger partial charge in [0.2, 0.25) is 0 Å². The number of aliphatic hydroxyl groups is 1. The van der Waals surface area contributed by atoms with Crippen molar-refractivity contribution in [3.05, 3.63) is 0 Å². The van der Waals surface area contributed by atoms with E-state index in [1.165, 1.54) is 32.1 Å². The van der Waals surface area contributed by atoms with Crippen molar-refractivity contribution in [2.24, 2.45) is 5.92 Å². The number of hydrogen-bond donors (Lipinski definition) is 2. The molecule has 3 nitrogen and oxygen atoms in total. The second kappa shape index (κ2) is 7.46. The largest absolute Gasteiger partial charge is 0.389 e. The average molecular weight is 256 g/mol. The van der Waals surface area contributed by atoms with E-state index < -0.39 is 5.60 Å². The SMILES string of the molecule is CCNC1CCCCCC1CN(C)CC(C)(C)O. The lowest BCUT2D eigenvalue weighted by molar-refractivity contribution is 0.0377. The van der Waals surface area contributed by atoms with Crippen molar-refractivity contribution >= 4 is 0 Å². The van der Waals surface area contributed by atoms with Crippen LogP contribution in [0.2, 0.25) is 0 Å². The van der Waals surface area contributed by atoms with Crippen LogP contribution in [0.15, 0.2) is 0 Å². The highest BCUT2D eigenvalue weighted by molar-refractivity contribution is 4.82. The van der Waals surface area contributed by atoms with E-state index in [4.69, 9.17) is 0 Å². The highest BCUT2D eigenvalue weighted by Crippen LogP contribution is 2.24. The lowest BCUT2D eigenvalue weighted by Crippen LogP contribution is -2.44. The summed E-state index contributed by atoms with van der Waals surface area (Å²) in [6.07, 6.45) is 6.75. The van der Waals surface area contributed by atoms with Crippen molar-refractivity contribution in [2.45, 2.75) is 64.5 Å². The second-order valence-corrected chi connectivity index (χ2v) is 6.57. The zero-order chi connectivity index (χ0) is 13.6. The molecule has 2 N–H and O–H groups in total. The molecule has 108 valence electrons. The number of rotatable bonds is 6. The normalized spacial score (nSPS) is 26.3. The Kier molecular flexibility index (Phi) is 6.61. The molecule has 1 rings (SSSR count). The summed E-state index contributed by atoms with van der Waals surface area (Å²) in [4.78, 5) is 2.29. The van der Waals surface area contributed by atoms with Crippen LogP contribution in [0.3, 0.4) is 0 Å². The van der Waals surface area contributed by atoms with Gasteiger partial charge in [-0.15, -0.1) is 0 Å². The molecule has 0 aromatic heterocycles. The van der Waals surface area contributed by atoms with Crippen molar-refractivity contribution in [3.8, 4) is 0 Å². The van der Waals surface area contributed by atoms with Crippen molar-refractivity contribution in [1.82, 2.24) is 10.2 Å². The number of likely N-dealkylation sites (N-methyl/N-ethyl adjacent to an activating group) is 1. The molecule has 1 aliphatic carbocycles. The topological polar surface area (TPSA) is 35.5 Å². The predicted octanol–water partition coefficient (Wildman–Crippen LogP) is 2.25. The van der Waals surface area contributed by atoms with Crippen molar-refractivity contribution in [3.63, 3.8) is 0 Å². The molecule has 2 unspecified atom stereocenters. The molecular weight excluding hydrogens is 224 g/mol. The van der Waals surface area contributed by atoms with Crippen LogP contribution in [0.5, 0.6) is 0 Å². The van der Waals surface area contributed by atoms with Crippen LogP contribution in [0.25, 0.3) is 0 Å². The first-order valence-corrected chi connectivity index (χ1v) is 7.56. The maximum Gasteiger partial charge on any atom is 0.0718 e. The van der Waals surface area contributed by atoms with E-state index in [1.54, 1.807) is 0 Å². The quantitative estimate of drug-likeness (QED) is 0.716. The highest BCUT2D eigenvalue weighted by atomic mass is 16.3. The third-order valence-corrected chi connectivity index (χ3v) is 3.83. The molecule has 0 spiro atoms. The summed E-state index contributed by atoms with van der Waals surface area (Å²) >= 11 is 0. The molecule has 0 saturated heterocycles. The fourth-order valence-electron chi connectivity index (χ4n) is 3.26. The van der Waals surface area contributed by atoms with E-state index >= 15 is 0 Å². The van der Waals surface area contributed by atoms with Gasteiger partial charge in [0.25, 0.3) is 0 Å². The number of nitrogens with one attached hydrogen (secondary N) is 1. The van der Waals surface area contributed by atoms with Gasteiger partial charge in [0.1, 0.15) is 0 Å². The van der Waals surface area contributed by atoms with Gasteiger partial charge in [-0.2, -0.15) is 0 Å². The van der Waals surface area contributed by atoms with Crippen molar-refractivity contribution in [1.29, 1.82) is 0 Å². The second-order valence-electron chi connectivity index (χ2n) is 6.57. The summed E-state index contributed by atoms with van der Waals surface area (Å²) in [6.45, 7) is 8.89. The Bertz CT molecular complexity index is 225. The van der Waals surface area contributed by atoms with Crippen LogP contribution >= 0.6 is 0 Å². The molecular formula is C15H32N2O. The van der Waals surface area contributed by atoms with Crippen LogP contribution in [-0.4, -0.2) is 48.3 Å². The number of hydrogen-bond acceptors (Lipinski definition) is 3. The van der Waals surface area contributed by atoms with Crippen molar-refractivity contribution < 1.29 is 5.11 Å². The molecule has 0 radical (unpaired) electrons. The minimum absolute atomic E-state index is 0.590. The van der Waals surface area contributed by atoms with Crippen LogP contribution in [-0.2, 0) is 0 Å².